The highest BCUT2D eigenvalue weighted by Crippen LogP contribution is 2.43. The van der Waals surface area contributed by atoms with E-state index < -0.39 is 11.9 Å². The van der Waals surface area contributed by atoms with Crippen molar-refractivity contribution in [1.29, 1.82) is 5.26 Å². The van der Waals surface area contributed by atoms with Crippen molar-refractivity contribution in [3.8, 4) is 11.8 Å². The van der Waals surface area contributed by atoms with Crippen molar-refractivity contribution < 1.29 is 19.1 Å². The molecule has 1 N–H and O–H groups in total. The highest BCUT2D eigenvalue weighted by molar-refractivity contribution is 5.94. The minimum Gasteiger partial charge on any atom is -0.493 e. The summed E-state index contributed by atoms with van der Waals surface area (Å²) in [6, 6.07) is 7.42. The molecule has 0 radical (unpaired) electrons. The lowest BCUT2D eigenvalue weighted by Crippen LogP contribution is -2.32. The molecular formula is C22H24N2O4. The van der Waals surface area contributed by atoms with Gasteiger partial charge in [0.2, 0.25) is 0 Å². The molecule has 146 valence electrons. The number of esters is 1. The molecule has 1 aliphatic carbocycles. The number of carbonyl (C=O) groups excluding carboxylic acids is 2. The standard InChI is InChI=1S/C22H24N2O4/c1-4-27-21-15(12-25)7-5-10-17(21)20-18(11-23)13(2)24-14(3)19(20)22(26)28-16-8-6-9-16/h5,7,10,12,16,20,24H,4,6,8-9H2,1-3H3. The molecule has 1 unspecified atom stereocenters. The van der Waals surface area contributed by atoms with Gasteiger partial charge in [0.05, 0.1) is 35.3 Å². The summed E-state index contributed by atoms with van der Waals surface area (Å²) in [5.74, 6) is -0.687. The molecule has 1 saturated carbocycles. The molecule has 0 amide bonds. The molecule has 2 aliphatic rings. The molecule has 3 rings (SSSR count). The van der Waals surface area contributed by atoms with Crippen LogP contribution in [0.4, 0.5) is 0 Å². The van der Waals surface area contributed by atoms with Gasteiger partial charge in [0.1, 0.15) is 11.9 Å². The van der Waals surface area contributed by atoms with Gasteiger partial charge in [-0.3, -0.25) is 4.79 Å². The number of benzene rings is 1. The number of hydrogen-bond acceptors (Lipinski definition) is 6. The van der Waals surface area contributed by atoms with E-state index in [0.717, 1.165) is 25.5 Å². The van der Waals surface area contributed by atoms with E-state index in [1.807, 2.05) is 6.92 Å². The van der Waals surface area contributed by atoms with Crippen molar-refractivity contribution in [2.45, 2.75) is 52.1 Å². The van der Waals surface area contributed by atoms with E-state index in [9.17, 15) is 14.9 Å². The van der Waals surface area contributed by atoms with Crippen molar-refractivity contribution in [2.75, 3.05) is 6.61 Å². The largest absolute Gasteiger partial charge is 0.493 e. The minimum absolute atomic E-state index is 0.0707. The number of nitriles is 1. The lowest BCUT2D eigenvalue weighted by molar-refractivity contribution is -0.148. The van der Waals surface area contributed by atoms with Crippen LogP contribution in [0.1, 0.15) is 61.9 Å². The van der Waals surface area contributed by atoms with Gasteiger partial charge < -0.3 is 14.8 Å². The van der Waals surface area contributed by atoms with Crippen molar-refractivity contribution in [1.82, 2.24) is 5.32 Å². The summed E-state index contributed by atoms with van der Waals surface area (Å²) >= 11 is 0. The van der Waals surface area contributed by atoms with Crippen molar-refractivity contribution in [3.05, 3.63) is 51.9 Å². The predicted octanol–water partition coefficient (Wildman–Crippen LogP) is 3.75. The Morgan fingerprint density at radius 3 is 2.64 bits per heavy atom. The lowest BCUT2D eigenvalue weighted by atomic mass is 9.80. The van der Waals surface area contributed by atoms with Crippen LogP contribution in [0.3, 0.4) is 0 Å². The smallest absolute Gasteiger partial charge is 0.337 e. The number of hydrogen-bond donors (Lipinski definition) is 1. The molecule has 28 heavy (non-hydrogen) atoms. The Kier molecular flexibility index (Phi) is 5.84. The summed E-state index contributed by atoms with van der Waals surface area (Å²) in [4.78, 5) is 24.6. The zero-order valence-corrected chi connectivity index (χ0v) is 16.4. The Morgan fingerprint density at radius 1 is 1.32 bits per heavy atom. The fourth-order valence-corrected chi connectivity index (χ4v) is 3.63. The van der Waals surface area contributed by atoms with E-state index in [0.29, 0.717) is 46.0 Å². The molecule has 1 fully saturated rings. The summed E-state index contributed by atoms with van der Waals surface area (Å²) in [5, 5.41) is 13.0. The lowest BCUT2D eigenvalue weighted by Gasteiger charge is -2.32. The molecule has 1 aromatic carbocycles. The van der Waals surface area contributed by atoms with Gasteiger partial charge in [-0.05, 0) is 46.1 Å². The SMILES string of the molecule is CCOc1c(C=O)cccc1C1C(C#N)=C(C)NC(C)=C1C(=O)OC1CCC1. The first-order valence-electron chi connectivity index (χ1n) is 9.52. The van der Waals surface area contributed by atoms with Crippen LogP contribution in [0.25, 0.3) is 0 Å². The van der Waals surface area contributed by atoms with Crippen LogP contribution in [0.2, 0.25) is 0 Å². The second-order valence-electron chi connectivity index (χ2n) is 7.02. The van der Waals surface area contributed by atoms with Crippen LogP contribution in [-0.4, -0.2) is 25.0 Å². The van der Waals surface area contributed by atoms with Crippen LogP contribution in [-0.2, 0) is 9.53 Å². The number of nitrogens with zero attached hydrogens (tertiary/aromatic N) is 1. The first-order chi connectivity index (χ1) is 13.5. The summed E-state index contributed by atoms with van der Waals surface area (Å²) < 4.78 is 11.4. The molecule has 0 saturated heterocycles. The van der Waals surface area contributed by atoms with E-state index in [1.54, 1.807) is 32.0 Å². The zero-order valence-electron chi connectivity index (χ0n) is 16.4. The first kappa shape index (κ1) is 19.7. The Bertz CT molecular complexity index is 904. The molecule has 0 aromatic heterocycles. The summed E-state index contributed by atoms with van der Waals surface area (Å²) in [5.41, 5.74) is 3.11. The second-order valence-corrected chi connectivity index (χ2v) is 7.02. The highest BCUT2D eigenvalue weighted by Gasteiger charge is 2.37. The van der Waals surface area contributed by atoms with Crippen molar-refractivity contribution >= 4 is 12.3 Å². The van der Waals surface area contributed by atoms with Gasteiger partial charge in [-0.25, -0.2) is 4.79 Å². The minimum atomic E-state index is -0.653. The van der Waals surface area contributed by atoms with E-state index in [-0.39, 0.29) is 6.10 Å². The van der Waals surface area contributed by atoms with Gasteiger partial charge in [-0.1, -0.05) is 12.1 Å². The highest BCUT2D eigenvalue weighted by atomic mass is 16.5. The van der Waals surface area contributed by atoms with E-state index >= 15 is 0 Å². The predicted molar refractivity (Wildman–Crippen MR) is 104 cm³/mol. The Morgan fingerprint density at radius 2 is 2.07 bits per heavy atom. The summed E-state index contributed by atoms with van der Waals surface area (Å²) in [7, 11) is 0. The molecule has 0 bridgehead atoms. The van der Waals surface area contributed by atoms with Gasteiger partial charge in [-0.2, -0.15) is 5.26 Å². The number of para-hydroxylation sites is 1. The quantitative estimate of drug-likeness (QED) is 0.597. The van der Waals surface area contributed by atoms with E-state index in [2.05, 4.69) is 11.4 Å². The third-order valence-electron chi connectivity index (χ3n) is 5.23. The Balaban J connectivity index is 2.15. The molecule has 1 heterocycles. The summed E-state index contributed by atoms with van der Waals surface area (Å²) in [6.45, 7) is 5.78. The maximum Gasteiger partial charge on any atom is 0.337 e. The maximum absolute atomic E-state index is 13.0. The maximum atomic E-state index is 13.0. The number of aldehydes is 1. The topological polar surface area (TPSA) is 88.4 Å². The van der Waals surface area contributed by atoms with Crippen molar-refractivity contribution in [2.24, 2.45) is 0 Å². The molecule has 6 nitrogen and oxygen atoms in total. The van der Waals surface area contributed by atoms with E-state index in [4.69, 9.17) is 9.47 Å². The number of ether oxygens (including phenoxy) is 2. The first-order valence-corrected chi connectivity index (χ1v) is 9.52. The molecule has 1 aliphatic heterocycles. The van der Waals surface area contributed by atoms with Gasteiger partial charge in [0.15, 0.2) is 6.29 Å². The van der Waals surface area contributed by atoms with Crippen LogP contribution < -0.4 is 10.1 Å². The number of allylic oxidation sites excluding steroid dienone is 3. The molecule has 0 spiro atoms. The van der Waals surface area contributed by atoms with Crippen LogP contribution in [0.5, 0.6) is 5.75 Å². The van der Waals surface area contributed by atoms with Crippen LogP contribution in [0, 0.1) is 11.3 Å². The number of dihydropyridines is 1. The van der Waals surface area contributed by atoms with Crippen LogP contribution in [0.15, 0.2) is 40.7 Å². The van der Waals surface area contributed by atoms with Gasteiger partial charge >= 0.3 is 5.97 Å². The van der Waals surface area contributed by atoms with Gasteiger partial charge in [-0.15, -0.1) is 0 Å². The molecule has 1 atom stereocenters. The Hall–Kier alpha value is -3.07. The molecular weight excluding hydrogens is 356 g/mol. The number of carbonyl (C=O) groups is 2. The fraction of sp³-hybridized carbons (Fsp3) is 0.409. The number of rotatable bonds is 6. The van der Waals surface area contributed by atoms with Gasteiger partial charge in [0, 0.05) is 17.0 Å². The average molecular weight is 380 g/mol. The van der Waals surface area contributed by atoms with Gasteiger partial charge in [0.25, 0.3) is 0 Å². The monoisotopic (exact) mass is 380 g/mol. The van der Waals surface area contributed by atoms with Crippen LogP contribution >= 0.6 is 0 Å². The van der Waals surface area contributed by atoms with Crippen molar-refractivity contribution in [3.63, 3.8) is 0 Å². The third-order valence-corrected chi connectivity index (χ3v) is 5.23. The molecule has 6 heteroatoms. The fourth-order valence-electron chi connectivity index (χ4n) is 3.63. The third kappa shape index (κ3) is 3.53. The second kappa shape index (κ2) is 8.30. The number of nitrogens with one attached hydrogen (secondary N) is 1. The zero-order chi connectivity index (χ0) is 20.3. The normalized spacial score (nSPS) is 19.4. The van der Waals surface area contributed by atoms with E-state index in [1.165, 1.54) is 0 Å². The molecule has 1 aromatic rings. The average Bonchev–Trinajstić information content (AvgIpc) is 2.64. The Labute approximate surface area is 164 Å². The summed E-state index contributed by atoms with van der Waals surface area (Å²) in [6.07, 6.45) is 3.43.